The number of nitrogens with zero attached hydrogens (tertiary/aromatic N) is 1. The van der Waals surface area contributed by atoms with Crippen molar-refractivity contribution in [3.63, 3.8) is 0 Å². The summed E-state index contributed by atoms with van der Waals surface area (Å²) in [5, 5.41) is 27.3. The van der Waals surface area contributed by atoms with Crippen LogP contribution in [0.15, 0.2) is 42.5 Å². The third-order valence-electron chi connectivity index (χ3n) is 6.88. The molecule has 1 amide bonds. The summed E-state index contributed by atoms with van der Waals surface area (Å²) in [6, 6.07) is 15.6. The van der Waals surface area contributed by atoms with Crippen molar-refractivity contribution in [2.45, 2.75) is 38.5 Å². The second-order valence-electron chi connectivity index (χ2n) is 9.28. The lowest BCUT2D eigenvalue weighted by Gasteiger charge is -2.39. The molecule has 2 aromatic carbocycles. The highest BCUT2D eigenvalue weighted by Crippen LogP contribution is 2.24. The van der Waals surface area contributed by atoms with E-state index < -0.39 is 0 Å². The Morgan fingerprint density at radius 2 is 2.03 bits per heavy atom. The molecule has 3 heterocycles. The van der Waals surface area contributed by atoms with E-state index in [0.717, 1.165) is 53.9 Å². The minimum absolute atomic E-state index is 0.0200. The molecule has 3 atom stereocenters. The largest absolute Gasteiger partial charge is 0.357 e. The smallest absolute Gasteiger partial charge is 0.272 e. The average Bonchev–Trinajstić information content (AvgIpc) is 3.30. The molecule has 0 radical (unpaired) electrons. The highest BCUT2D eigenvalue weighted by atomic mass is 16.1. The number of nitriles is 1. The maximum atomic E-state index is 12.9. The van der Waals surface area contributed by atoms with Crippen molar-refractivity contribution in [1.82, 2.24) is 20.9 Å². The van der Waals surface area contributed by atoms with Crippen LogP contribution in [0.4, 0.5) is 11.4 Å². The molecule has 34 heavy (non-hydrogen) atoms. The van der Waals surface area contributed by atoms with Gasteiger partial charge in [0.2, 0.25) is 0 Å². The van der Waals surface area contributed by atoms with Gasteiger partial charge in [-0.15, -0.1) is 0 Å². The Labute approximate surface area is 199 Å². The van der Waals surface area contributed by atoms with Gasteiger partial charge in [-0.05, 0) is 87.6 Å². The van der Waals surface area contributed by atoms with Gasteiger partial charge in [-0.2, -0.15) is 5.26 Å². The van der Waals surface area contributed by atoms with E-state index in [1.807, 2.05) is 24.3 Å². The number of benzene rings is 2. The first-order valence-electron chi connectivity index (χ1n) is 12.0. The summed E-state index contributed by atoms with van der Waals surface area (Å²) in [6.45, 7) is 5.23. The molecule has 8 nitrogen and oxygen atoms in total. The number of fused-ring (bicyclic) bond motifs is 1. The number of aryl methyl sites for hydroxylation is 1. The van der Waals surface area contributed by atoms with E-state index in [4.69, 9.17) is 5.26 Å². The quantitative estimate of drug-likeness (QED) is 0.350. The first-order valence-corrected chi connectivity index (χ1v) is 12.0. The third-order valence-corrected chi connectivity index (χ3v) is 6.88. The summed E-state index contributed by atoms with van der Waals surface area (Å²) < 4.78 is 0. The van der Waals surface area contributed by atoms with E-state index in [0.29, 0.717) is 23.2 Å². The molecular weight excluding hydrogens is 426 g/mol. The van der Waals surface area contributed by atoms with Crippen molar-refractivity contribution in [2.24, 2.45) is 5.92 Å². The Balaban J connectivity index is 1.26. The van der Waals surface area contributed by atoms with Gasteiger partial charge in [-0.25, -0.2) is 0 Å². The molecule has 3 aromatic rings. The molecule has 2 fully saturated rings. The van der Waals surface area contributed by atoms with Crippen LogP contribution < -0.4 is 26.6 Å². The van der Waals surface area contributed by atoms with Crippen LogP contribution >= 0.6 is 0 Å². The molecule has 8 heteroatoms. The summed E-state index contributed by atoms with van der Waals surface area (Å²) in [4.78, 5) is 16.0. The van der Waals surface area contributed by atoms with Crippen LogP contribution in [-0.4, -0.2) is 42.9 Å². The minimum atomic E-state index is -0.219. The number of hydrogen-bond donors (Lipinski definition) is 6. The minimum Gasteiger partial charge on any atom is -0.357 e. The number of rotatable bonds is 5. The van der Waals surface area contributed by atoms with Crippen molar-refractivity contribution in [3.05, 3.63) is 59.3 Å². The van der Waals surface area contributed by atoms with Crippen LogP contribution in [0.3, 0.4) is 0 Å². The highest BCUT2D eigenvalue weighted by molar-refractivity contribution is 6.06. The molecule has 2 aliphatic rings. The number of hydrogen-bond acceptors (Lipinski definition) is 6. The fourth-order valence-electron chi connectivity index (χ4n) is 4.95. The van der Waals surface area contributed by atoms with E-state index in [1.165, 1.54) is 12.8 Å². The summed E-state index contributed by atoms with van der Waals surface area (Å²) in [6.07, 6.45) is 3.61. The molecule has 2 aliphatic heterocycles. The standard InChI is InChI=1S/C26H31N7O/c1-16-4-7-20(30-25(34)24-12-18-6-5-17(14-27)11-23(18)31-24)13-22(16)33-26-29-10-8-21(32-26)19-3-2-9-28-15-19/h4-7,11-13,19,21,26,28-29,31-33H,2-3,8-10,15H2,1H3,(H,30,34). The second-order valence-corrected chi connectivity index (χ2v) is 9.28. The molecule has 3 unspecified atom stereocenters. The summed E-state index contributed by atoms with van der Waals surface area (Å²) in [5.41, 5.74) is 4.59. The van der Waals surface area contributed by atoms with Gasteiger partial charge < -0.3 is 20.9 Å². The van der Waals surface area contributed by atoms with Crippen molar-refractivity contribution in [2.75, 3.05) is 30.3 Å². The summed E-state index contributed by atoms with van der Waals surface area (Å²) in [5.74, 6) is 0.440. The Kier molecular flexibility index (Phi) is 6.50. The zero-order chi connectivity index (χ0) is 23.5. The first kappa shape index (κ1) is 22.4. The fourth-order valence-corrected chi connectivity index (χ4v) is 4.95. The highest BCUT2D eigenvalue weighted by Gasteiger charge is 2.28. The molecule has 2 saturated heterocycles. The molecular formula is C26H31N7O. The third kappa shape index (κ3) is 4.92. The Bertz CT molecular complexity index is 1220. The number of aromatic nitrogens is 1. The number of piperidine rings is 1. The summed E-state index contributed by atoms with van der Waals surface area (Å²) >= 11 is 0. The predicted molar refractivity (Wildman–Crippen MR) is 135 cm³/mol. The topological polar surface area (TPSA) is 117 Å². The normalized spacial score (nSPS) is 22.8. The molecule has 0 bridgehead atoms. The molecule has 5 rings (SSSR count). The van der Waals surface area contributed by atoms with Crippen LogP contribution in [0.2, 0.25) is 0 Å². The van der Waals surface area contributed by atoms with Gasteiger partial charge in [0.15, 0.2) is 0 Å². The van der Waals surface area contributed by atoms with Gasteiger partial charge in [0.25, 0.3) is 5.91 Å². The van der Waals surface area contributed by atoms with Gasteiger partial charge in [0.05, 0.1) is 11.6 Å². The number of amides is 1. The van der Waals surface area contributed by atoms with E-state index in [2.05, 4.69) is 44.6 Å². The maximum Gasteiger partial charge on any atom is 0.272 e. The number of nitrogens with one attached hydrogen (secondary N) is 6. The second kappa shape index (κ2) is 9.85. The van der Waals surface area contributed by atoms with E-state index >= 15 is 0 Å². The van der Waals surface area contributed by atoms with Gasteiger partial charge >= 0.3 is 0 Å². The van der Waals surface area contributed by atoms with Gasteiger partial charge in [0, 0.05) is 28.3 Å². The fraction of sp³-hybridized carbons (Fsp3) is 0.385. The van der Waals surface area contributed by atoms with Gasteiger partial charge in [-0.1, -0.05) is 12.1 Å². The molecule has 176 valence electrons. The maximum absolute atomic E-state index is 12.9. The average molecular weight is 458 g/mol. The zero-order valence-electron chi connectivity index (χ0n) is 19.4. The van der Waals surface area contributed by atoms with Crippen molar-refractivity contribution in [3.8, 4) is 6.07 Å². The lowest BCUT2D eigenvalue weighted by Crippen LogP contribution is -2.60. The molecule has 0 spiro atoms. The van der Waals surface area contributed by atoms with Crippen molar-refractivity contribution < 1.29 is 4.79 Å². The first-order chi connectivity index (χ1) is 16.6. The van der Waals surface area contributed by atoms with Crippen LogP contribution in [0.1, 0.15) is 40.9 Å². The van der Waals surface area contributed by atoms with Crippen LogP contribution in [-0.2, 0) is 0 Å². The Morgan fingerprint density at radius 1 is 1.12 bits per heavy atom. The van der Waals surface area contributed by atoms with Crippen molar-refractivity contribution >= 4 is 28.2 Å². The van der Waals surface area contributed by atoms with Crippen LogP contribution in [0.5, 0.6) is 0 Å². The predicted octanol–water partition coefficient (Wildman–Crippen LogP) is 3.25. The van der Waals surface area contributed by atoms with Gasteiger partial charge in [0.1, 0.15) is 12.0 Å². The molecule has 0 aliphatic carbocycles. The van der Waals surface area contributed by atoms with Gasteiger partial charge in [-0.3, -0.25) is 15.4 Å². The van der Waals surface area contributed by atoms with E-state index in [1.54, 1.807) is 18.2 Å². The number of H-pyrrole nitrogens is 1. The SMILES string of the molecule is Cc1ccc(NC(=O)c2cc3ccc(C#N)cc3[nH]2)cc1NC1NCCC(C2CCCNC2)N1. The Hall–Kier alpha value is -3.38. The monoisotopic (exact) mass is 457 g/mol. The van der Waals surface area contributed by atoms with Crippen LogP contribution in [0, 0.1) is 24.2 Å². The molecule has 1 aromatic heterocycles. The van der Waals surface area contributed by atoms with E-state index in [9.17, 15) is 4.79 Å². The lowest BCUT2D eigenvalue weighted by molar-refractivity contribution is 0.102. The van der Waals surface area contributed by atoms with Crippen LogP contribution in [0.25, 0.3) is 10.9 Å². The number of carbonyl (C=O) groups is 1. The number of anilines is 2. The Morgan fingerprint density at radius 3 is 2.85 bits per heavy atom. The number of aromatic amines is 1. The van der Waals surface area contributed by atoms with Crippen molar-refractivity contribution in [1.29, 1.82) is 5.26 Å². The molecule has 6 N–H and O–H groups in total. The van der Waals surface area contributed by atoms with E-state index in [-0.39, 0.29) is 12.2 Å². The summed E-state index contributed by atoms with van der Waals surface area (Å²) in [7, 11) is 0. The zero-order valence-corrected chi connectivity index (χ0v) is 19.4. The molecule has 0 saturated carbocycles. The number of carbonyl (C=O) groups excluding carboxylic acids is 1. The lowest BCUT2D eigenvalue weighted by atomic mass is 9.89.